The average Bonchev–Trinajstić information content (AvgIpc) is 3.22. The number of hydrogen-bond acceptors (Lipinski definition) is 5. The summed E-state index contributed by atoms with van der Waals surface area (Å²) >= 11 is 0. The van der Waals surface area contributed by atoms with Gasteiger partial charge < -0.3 is 18.9 Å². The first-order valence-electron chi connectivity index (χ1n) is 11.2. The van der Waals surface area contributed by atoms with Crippen LogP contribution in [0.4, 0.5) is 4.39 Å². The van der Waals surface area contributed by atoms with E-state index in [1.165, 1.54) is 12.1 Å². The molecule has 0 atom stereocenters. The van der Waals surface area contributed by atoms with Crippen molar-refractivity contribution < 1.29 is 18.4 Å². The molecule has 1 saturated heterocycles. The Morgan fingerprint density at radius 1 is 1.09 bits per heavy atom. The van der Waals surface area contributed by atoms with E-state index in [0.717, 1.165) is 73.5 Å². The van der Waals surface area contributed by atoms with E-state index in [4.69, 9.17) is 14.0 Å². The third-order valence-electron chi connectivity index (χ3n) is 6.25. The predicted molar refractivity (Wildman–Crippen MR) is 122 cm³/mol. The van der Waals surface area contributed by atoms with E-state index >= 15 is 0 Å². The summed E-state index contributed by atoms with van der Waals surface area (Å²) in [5.41, 5.74) is 2.55. The van der Waals surface area contributed by atoms with E-state index in [0.29, 0.717) is 23.9 Å². The van der Waals surface area contributed by atoms with Gasteiger partial charge in [-0.05, 0) is 81.7 Å². The summed E-state index contributed by atoms with van der Waals surface area (Å²) in [6.07, 6.45) is 8.05. The molecule has 0 spiro atoms. The van der Waals surface area contributed by atoms with Crippen molar-refractivity contribution in [2.75, 3.05) is 26.2 Å². The second-order valence-electron chi connectivity index (χ2n) is 8.48. The Labute approximate surface area is 187 Å². The van der Waals surface area contributed by atoms with Crippen molar-refractivity contribution in [3.05, 3.63) is 71.9 Å². The molecule has 0 N–H and O–H groups in total. The molecule has 6 heteroatoms. The standard InChI is InChI=1S/C26H27FN2O3/c1-18-4-5-19-6-8-22(17-24(19)31-18)30-15-3-2-12-29-13-10-20(11-14-29)26-23-9-7-21(27)16-25(23)32-28-26/h4-9,16-17,20H,1-3,10-15H2. The van der Waals surface area contributed by atoms with Gasteiger partial charge in [0.15, 0.2) is 5.58 Å². The molecule has 0 aliphatic carbocycles. The maximum atomic E-state index is 13.4. The molecule has 5 rings (SSSR count). The normalized spacial score (nSPS) is 16.8. The minimum absolute atomic E-state index is 0.290. The van der Waals surface area contributed by atoms with Crippen molar-refractivity contribution in [2.24, 2.45) is 0 Å². The SMILES string of the molecule is C=C1C=Cc2ccc(OCCCCN3CCC(c4noc5cc(F)ccc45)CC3)cc2O1. The van der Waals surface area contributed by atoms with Crippen molar-refractivity contribution in [2.45, 2.75) is 31.6 Å². The maximum absolute atomic E-state index is 13.4. The number of halogens is 1. The Balaban J connectivity index is 1.04. The Kier molecular flexibility index (Phi) is 5.95. The Morgan fingerprint density at radius 2 is 1.97 bits per heavy atom. The van der Waals surface area contributed by atoms with Crippen molar-refractivity contribution in [3.8, 4) is 11.5 Å². The molecule has 166 valence electrons. The van der Waals surface area contributed by atoms with Crippen LogP contribution >= 0.6 is 0 Å². The Bertz CT molecular complexity index is 1150. The minimum atomic E-state index is -0.290. The summed E-state index contributed by atoms with van der Waals surface area (Å²) in [4.78, 5) is 2.50. The van der Waals surface area contributed by atoms with Crippen LogP contribution < -0.4 is 9.47 Å². The van der Waals surface area contributed by atoms with Crippen LogP contribution in [-0.2, 0) is 0 Å². The predicted octanol–water partition coefficient (Wildman–Crippen LogP) is 5.92. The summed E-state index contributed by atoms with van der Waals surface area (Å²) in [7, 11) is 0. The number of hydrogen-bond donors (Lipinski definition) is 0. The fraction of sp³-hybridized carbons (Fsp3) is 0.346. The highest BCUT2D eigenvalue weighted by molar-refractivity contribution is 5.79. The van der Waals surface area contributed by atoms with Crippen LogP contribution in [0.5, 0.6) is 11.5 Å². The molecule has 2 aliphatic rings. The van der Waals surface area contributed by atoms with Crippen molar-refractivity contribution in [1.29, 1.82) is 0 Å². The lowest BCUT2D eigenvalue weighted by molar-refractivity contribution is 0.199. The number of fused-ring (bicyclic) bond motifs is 2. The molecular formula is C26H27FN2O3. The molecule has 0 bridgehead atoms. The number of allylic oxidation sites excluding steroid dienone is 1. The van der Waals surface area contributed by atoms with Crippen LogP contribution in [0.1, 0.15) is 42.9 Å². The van der Waals surface area contributed by atoms with E-state index in [1.807, 2.05) is 30.4 Å². The molecule has 1 aromatic heterocycles. The molecule has 0 unspecified atom stereocenters. The number of unbranched alkanes of at least 4 members (excludes halogenated alkanes) is 1. The van der Waals surface area contributed by atoms with Gasteiger partial charge in [0.2, 0.25) is 0 Å². The van der Waals surface area contributed by atoms with Crippen molar-refractivity contribution >= 4 is 17.0 Å². The summed E-state index contributed by atoms with van der Waals surface area (Å²) in [6, 6.07) is 10.6. The second-order valence-corrected chi connectivity index (χ2v) is 8.48. The number of nitrogens with zero attached hydrogens (tertiary/aromatic N) is 2. The minimum Gasteiger partial charge on any atom is -0.493 e. The molecular weight excluding hydrogens is 407 g/mol. The number of likely N-dealkylation sites (tertiary alicyclic amines) is 1. The lowest BCUT2D eigenvalue weighted by Crippen LogP contribution is -2.34. The van der Waals surface area contributed by atoms with Gasteiger partial charge in [-0.2, -0.15) is 0 Å². The highest BCUT2D eigenvalue weighted by Gasteiger charge is 2.24. The summed E-state index contributed by atoms with van der Waals surface area (Å²) in [6.45, 7) is 7.67. The fourth-order valence-corrected chi connectivity index (χ4v) is 4.47. The number of piperidine rings is 1. The zero-order chi connectivity index (χ0) is 21.9. The lowest BCUT2D eigenvalue weighted by Gasteiger charge is -2.31. The number of aromatic nitrogens is 1. The van der Waals surface area contributed by atoms with Gasteiger partial charge in [-0.15, -0.1) is 0 Å². The fourth-order valence-electron chi connectivity index (χ4n) is 4.47. The monoisotopic (exact) mass is 434 g/mol. The number of rotatable bonds is 7. The van der Waals surface area contributed by atoms with Crippen LogP contribution in [0.15, 0.2) is 59.3 Å². The number of ether oxygens (including phenoxy) is 2. The van der Waals surface area contributed by atoms with Crippen LogP contribution in [0.2, 0.25) is 0 Å². The van der Waals surface area contributed by atoms with E-state index < -0.39 is 0 Å². The quantitative estimate of drug-likeness (QED) is 0.432. The molecule has 1 fully saturated rings. The van der Waals surface area contributed by atoms with Gasteiger partial charge in [-0.3, -0.25) is 0 Å². The Hall–Kier alpha value is -3.12. The maximum Gasteiger partial charge on any atom is 0.170 e. The zero-order valence-corrected chi connectivity index (χ0v) is 18.1. The smallest absolute Gasteiger partial charge is 0.170 e. The molecule has 0 saturated carbocycles. The third-order valence-corrected chi connectivity index (χ3v) is 6.25. The topological polar surface area (TPSA) is 47.7 Å². The highest BCUT2D eigenvalue weighted by atomic mass is 19.1. The zero-order valence-electron chi connectivity index (χ0n) is 18.1. The van der Waals surface area contributed by atoms with E-state index in [1.54, 1.807) is 6.07 Å². The van der Waals surface area contributed by atoms with Gasteiger partial charge in [-0.1, -0.05) is 11.7 Å². The molecule has 0 amide bonds. The van der Waals surface area contributed by atoms with E-state index in [-0.39, 0.29) is 5.82 Å². The summed E-state index contributed by atoms with van der Waals surface area (Å²) < 4.78 is 30.3. The second kappa shape index (κ2) is 9.17. The molecule has 3 heterocycles. The molecule has 5 nitrogen and oxygen atoms in total. The van der Waals surface area contributed by atoms with Crippen LogP contribution in [0.25, 0.3) is 17.0 Å². The largest absolute Gasteiger partial charge is 0.493 e. The van der Waals surface area contributed by atoms with Gasteiger partial charge in [0.1, 0.15) is 23.1 Å². The summed E-state index contributed by atoms with van der Waals surface area (Å²) in [5.74, 6) is 2.35. The van der Waals surface area contributed by atoms with Crippen LogP contribution in [0, 0.1) is 5.82 Å². The molecule has 0 radical (unpaired) electrons. The third kappa shape index (κ3) is 4.55. The highest BCUT2D eigenvalue weighted by Crippen LogP contribution is 2.33. The van der Waals surface area contributed by atoms with Gasteiger partial charge in [0.05, 0.1) is 12.3 Å². The Morgan fingerprint density at radius 3 is 2.84 bits per heavy atom. The molecule has 2 aromatic carbocycles. The van der Waals surface area contributed by atoms with E-state index in [2.05, 4.69) is 16.6 Å². The van der Waals surface area contributed by atoms with Crippen molar-refractivity contribution in [1.82, 2.24) is 10.1 Å². The van der Waals surface area contributed by atoms with Crippen LogP contribution in [-0.4, -0.2) is 36.3 Å². The molecule has 2 aliphatic heterocycles. The summed E-state index contributed by atoms with van der Waals surface area (Å²) in [5, 5.41) is 5.18. The molecule has 32 heavy (non-hydrogen) atoms. The van der Waals surface area contributed by atoms with E-state index in [9.17, 15) is 4.39 Å². The van der Waals surface area contributed by atoms with Gasteiger partial charge in [0, 0.05) is 29.0 Å². The van der Waals surface area contributed by atoms with Gasteiger partial charge in [0.25, 0.3) is 0 Å². The first-order valence-corrected chi connectivity index (χ1v) is 11.2. The first-order chi connectivity index (χ1) is 15.7. The lowest BCUT2D eigenvalue weighted by atomic mass is 9.91. The van der Waals surface area contributed by atoms with Gasteiger partial charge in [-0.25, -0.2) is 4.39 Å². The first kappa shape index (κ1) is 20.8. The van der Waals surface area contributed by atoms with Crippen LogP contribution in [0.3, 0.4) is 0 Å². The number of benzene rings is 2. The van der Waals surface area contributed by atoms with Gasteiger partial charge >= 0.3 is 0 Å². The average molecular weight is 435 g/mol. The van der Waals surface area contributed by atoms with Crippen molar-refractivity contribution in [3.63, 3.8) is 0 Å². The molecule has 3 aromatic rings.